The Morgan fingerprint density at radius 3 is 1.46 bits per heavy atom. The molecule has 0 saturated heterocycles. The molecule has 4 heteroatoms. The van der Waals surface area contributed by atoms with Crippen LogP contribution in [0.3, 0.4) is 0 Å². The van der Waals surface area contributed by atoms with E-state index in [1.165, 1.54) is 22.3 Å². The molecule has 1 atom stereocenters. The van der Waals surface area contributed by atoms with Gasteiger partial charge in [-0.05, 0) is 80.0 Å². The molecule has 0 spiro atoms. The van der Waals surface area contributed by atoms with Gasteiger partial charge in [0.15, 0.2) is 0 Å². The lowest BCUT2D eigenvalue weighted by atomic mass is 9.53. The fraction of sp³-hybridized carbons (Fsp3) is 0.405. The normalized spacial score (nSPS) is 31.2. The van der Waals surface area contributed by atoms with Crippen LogP contribution in [0.1, 0.15) is 86.5 Å². The molecule has 4 aromatic rings. The van der Waals surface area contributed by atoms with Crippen LogP contribution in [0.4, 0.5) is 0 Å². The van der Waals surface area contributed by atoms with E-state index < -0.39 is 0 Å². The number of carbonyl (C=O) groups is 1. The minimum Gasteiger partial charge on any atom is -0.392 e. The number of nitrogens with one attached hydrogen (secondary N) is 2. The maximum Gasteiger partial charge on any atom is 0.145 e. The van der Waals surface area contributed by atoms with Crippen molar-refractivity contribution in [3.8, 4) is 0 Å². The molecule has 0 aromatic heterocycles. The zero-order valence-electron chi connectivity index (χ0n) is 27.0. The first kappa shape index (κ1) is 31.1. The van der Waals surface area contributed by atoms with Gasteiger partial charge >= 0.3 is 0 Å². The second-order valence-electron chi connectivity index (χ2n) is 14.5. The fourth-order valence-corrected chi connectivity index (χ4v) is 9.08. The summed E-state index contributed by atoms with van der Waals surface area (Å²) in [6, 6.07) is 42.1. The van der Waals surface area contributed by atoms with Crippen LogP contribution < -0.4 is 10.6 Å². The highest BCUT2D eigenvalue weighted by molar-refractivity contribution is 5.93. The molecule has 6 aliphatic rings. The van der Waals surface area contributed by atoms with Gasteiger partial charge in [0.05, 0.1) is 11.5 Å². The third-order valence-corrected chi connectivity index (χ3v) is 12.1. The zero-order chi connectivity index (χ0) is 31.5. The van der Waals surface area contributed by atoms with Gasteiger partial charge in [-0.25, -0.2) is 0 Å². The molecule has 10 rings (SSSR count). The lowest BCUT2D eigenvalue weighted by Gasteiger charge is -2.57. The molecular formula is C42H48N2O2. The fourth-order valence-electron chi connectivity index (χ4n) is 9.08. The van der Waals surface area contributed by atoms with Gasteiger partial charge in [-0.3, -0.25) is 4.79 Å². The quantitative estimate of drug-likeness (QED) is 0.190. The Hall–Kier alpha value is -3.57. The largest absolute Gasteiger partial charge is 0.392 e. The van der Waals surface area contributed by atoms with Crippen molar-refractivity contribution in [2.45, 2.75) is 105 Å². The van der Waals surface area contributed by atoms with Crippen molar-refractivity contribution in [3.05, 3.63) is 144 Å². The van der Waals surface area contributed by atoms with Crippen molar-refractivity contribution in [2.75, 3.05) is 0 Å². The van der Waals surface area contributed by atoms with Crippen LogP contribution in [0.2, 0.25) is 0 Å². The Labute approximate surface area is 274 Å². The van der Waals surface area contributed by atoms with E-state index in [0.29, 0.717) is 12.2 Å². The third-order valence-electron chi connectivity index (χ3n) is 12.1. The predicted molar refractivity (Wildman–Crippen MR) is 185 cm³/mol. The third kappa shape index (κ3) is 5.99. The van der Waals surface area contributed by atoms with Crippen LogP contribution in [0.25, 0.3) is 0 Å². The molecule has 0 heterocycles. The molecule has 238 valence electrons. The summed E-state index contributed by atoms with van der Waals surface area (Å²) in [4.78, 5) is 13.0. The summed E-state index contributed by atoms with van der Waals surface area (Å²) in [5.41, 5.74) is 5.07. The number of ketones is 1. The van der Waals surface area contributed by atoms with Crippen LogP contribution in [0.15, 0.2) is 121 Å². The van der Waals surface area contributed by atoms with Crippen molar-refractivity contribution < 1.29 is 9.90 Å². The Bertz CT molecular complexity index is 1570. The molecular weight excluding hydrogens is 564 g/mol. The van der Waals surface area contributed by atoms with Gasteiger partial charge in [0, 0.05) is 36.0 Å². The Balaban J connectivity index is 0.000000147. The molecule has 0 radical (unpaired) electrons. The van der Waals surface area contributed by atoms with Crippen LogP contribution in [0, 0.1) is 0 Å². The molecule has 46 heavy (non-hydrogen) atoms. The standard InChI is InChI=1S/C21H25NO.C21H23NO/c2*23-19-15-20(22-16-17-7-3-1-4-8-17)11-13-21(19,14-12-20)18-9-5-2-6-10-18/h1-10,19,22-23H,11-16H2;1-10,22H,11-16H2. The van der Waals surface area contributed by atoms with Gasteiger partial charge in [-0.1, -0.05) is 121 Å². The molecule has 0 amide bonds. The molecule has 4 nitrogen and oxygen atoms in total. The number of aliphatic hydroxyl groups excluding tert-OH is 1. The smallest absolute Gasteiger partial charge is 0.145 e. The monoisotopic (exact) mass is 612 g/mol. The van der Waals surface area contributed by atoms with Crippen LogP contribution >= 0.6 is 0 Å². The van der Waals surface area contributed by atoms with E-state index in [2.05, 4.69) is 120 Å². The van der Waals surface area contributed by atoms with E-state index in [9.17, 15) is 9.90 Å². The highest BCUT2D eigenvalue weighted by Crippen LogP contribution is 2.54. The van der Waals surface area contributed by atoms with Crippen molar-refractivity contribution in [1.82, 2.24) is 10.6 Å². The lowest BCUT2D eigenvalue weighted by molar-refractivity contribution is -0.133. The van der Waals surface area contributed by atoms with E-state index in [-0.39, 0.29) is 28.0 Å². The summed E-state index contributed by atoms with van der Waals surface area (Å²) in [6.07, 6.45) is 9.95. The minimum absolute atomic E-state index is 0.0164. The van der Waals surface area contributed by atoms with Crippen LogP contribution in [0.5, 0.6) is 0 Å². The highest BCUT2D eigenvalue weighted by atomic mass is 16.3. The number of hydrogen-bond acceptors (Lipinski definition) is 4. The number of benzene rings is 4. The van der Waals surface area contributed by atoms with E-state index in [0.717, 1.165) is 70.9 Å². The number of rotatable bonds is 8. The van der Waals surface area contributed by atoms with Crippen molar-refractivity contribution in [1.29, 1.82) is 0 Å². The summed E-state index contributed by atoms with van der Waals surface area (Å²) >= 11 is 0. The van der Waals surface area contributed by atoms with Crippen molar-refractivity contribution in [2.24, 2.45) is 0 Å². The summed E-state index contributed by atoms with van der Waals surface area (Å²) in [5.74, 6) is 0.432. The zero-order valence-corrected chi connectivity index (χ0v) is 27.0. The van der Waals surface area contributed by atoms with E-state index in [1.54, 1.807) is 0 Å². The van der Waals surface area contributed by atoms with Crippen molar-refractivity contribution >= 4 is 5.78 Å². The molecule has 0 aliphatic heterocycles. The average Bonchev–Trinajstić information content (AvgIpc) is 3.13. The van der Waals surface area contributed by atoms with Crippen LogP contribution in [-0.2, 0) is 28.7 Å². The predicted octanol–water partition coefficient (Wildman–Crippen LogP) is 7.79. The maximum atomic E-state index is 13.0. The highest BCUT2D eigenvalue weighted by Gasteiger charge is 2.55. The summed E-state index contributed by atoms with van der Waals surface area (Å²) in [7, 11) is 0. The summed E-state index contributed by atoms with van der Waals surface area (Å²) < 4.78 is 0. The Kier molecular flexibility index (Phi) is 8.71. The Morgan fingerprint density at radius 2 is 0.978 bits per heavy atom. The van der Waals surface area contributed by atoms with Gasteiger partial charge in [0.1, 0.15) is 5.78 Å². The molecule has 6 aliphatic carbocycles. The topological polar surface area (TPSA) is 61.4 Å². The molecule has 6 saturated carbocycles. The molecule has 1 unspecified atom stereocenters. The number of aliphatic hydroxyl groups is 1. The molecule has 4 aromatic carbocycles. The number of hydrogen-bond donors (Lipinski definition) is 3. The van der Waals surface area contributed by atoms with E-state index >= 15 is 0 Å². The second kappa shape index (κ2) is 12.9. The van der Waals surface area contributed by atoms with Gasteiger partial charge in [-0.15, -0.1) is 0 Å². The lowest BCUT2D eigenvalue weighted by Crippen LogP contribution is -2.62. The van der Waals surface area contributed by atoms with Crippen molar-refractivity contribution in [3.63, 3.8) is 0 Å². The Morgan fingerprint density at radius 1 is 0.543 bits per heavy atom. The average molecular weight is 613 g/mol. The first-order valence-electron chi connectivity index (χ1n) is 17.4. The van der Waals surface area contributed by atoms with Gasteiger partial charge < -0.3 is 15.7 Å². The number of carbonyl (C=O) groups excluding carboxylic acids is 1. The van der Waals surface area contributed by atoms with Gasteiger partial charge in [0.25, 0.3) is 0 Å². The van der Waals surface area contributed by atoms with E-state index in [1.807, 2.05) is 12.1 Å². The first-order chi connectivity index (χ1) is 22.5. The van der Waals surface area contributed by atoms with Gasteiger partial charge in [0.2, 0.25) is 0 Å². The first-order valence-corrected chi connectivity index (χ1v) is 17.4. The maximum absolute atomic E-state index is 13.0. The second-order valence-corrected chi connectivity index (χ2v) is 14.5. The SMILES string of the molecule is O=C1CC2(NCc3ccccc3)CCC1(c1ccccc1)CC2.OC1CC2(NCc3ccccc3)CCC1(c1ccccc1)CC2. The van der Waals surface area contributed by atoms with E-state index in [4.69, 9.17) is 0 Å². The number of Topliss-reactive ketones (excluding diaryl/α,β-unsaturated/α-hetero) is 1. The minimum atomic E-state index is -0.240. The molecule has 4 bridgehead atoms. The summed E-state index contributed by atoms with van der Waals surface area (Å²) in [6.45, 7) is 1.75. The summed E-state index contributed by atoms with van der Waals surface area (Å²) in [5, 5.41) is 18.4. The van der Waals surface area contributed by atoms with Crippen LogP contribution in [-0.4, -0.2) is 28.1 Å². The molecule has 6 fully saturated rings. The molecule has 3 N–H and O–H groups in total. The number of fused-ring (bicyclic) bond motifs is 6. The van der Waals surface area contributed by atoms with Gasteiger partial charge in [-0.2, -0.15) is 0 Å².